The molecule has 0 aromatic carbocycles. The van der Waals surface area contributed by atoms with Gasteiger partial charge in [-0.1, -0.05) is 32.6 Å². The van der Waals surface area contributed by atoms with Gasteiger partial charge >= 0.3 is 0 Å². The second-order valence-corrected chi connectivity index (χ2v) is 8.84. The maximum absolute atomic E-state index is 11.8. The van der Waals surface area contributed by atoms with Gasteiger partial charge in [0, 0.05) is 12.0 Å². The van der Waals surface area contributed by atoms with Gasteiger partial charge in [-0.15, -0.1) is 0 Å². The molecule has 4 aliphatic carbocycles. The van der Waals surface area contributed by atoms with Gasteiger partial charge in [0.2, 0.25) is 0 Å². The Balaban J connectivity index is 1.64. The lowest BCUT2D eigenvalue weighted by molar-refractivity contribution is -0.159. The molecule has 0 amide bonds. The van der Waals surface area contributed by atoms with Crippen LogP contribution >= 0.6 is 0 Å². The van der Waals surface area contributed by atoms with Crippen LogP contribution in [0.2, 0.25) is 0 Å². The largest absolute Gasteiger partial charge is 0.389 e. The SMILES string of the molecule is CCC1CCCC(CN)(C2(O)CC3CC2C2CCCC32)C1. The first kappa shape index (κ1) is 14.5. The maximum Gasteiger partial charge on any atom is 0.0749 e. The normalized spacial score (nSPS) is 55.9. The van der Waals surface area contributed by atoms with Crippen molar-refractivity contribution in [1.29, 1.82) is 0 Å². The summed E-state index contributed by atoms with van der Waals surface area (Å²) in [7, 11) is 0. The second-order valence-electron chi connectivity index (χ2n) is 8.84. The predicted octanol–water partition coefficient (Wildman–Crippen LogP) is 3.72. The summed E-state index contributed by atoms with van der Waals surface area (Å²) in [6, 6.07) is 0. The summed E-state index contributed by atoms with van der Waals surface area (Å²) in [6.07, 6.45) is 12.9. The van der Waals surface area contributed by atoms with Crippen LogP contribution in [0, 0.1) is 35.0 Å². The number of nitrogens with two attached hydrogens (primary N) is 1. The summed E-state index contributed by atoms with van der Waals surface area (Å²) in [5.74, 6) is 3.98. The summed E-state index contributed by atoms with van der Waals surface area (Å²) >= 11 is 0. The van der Waals surface area contributed by atoms with Crippen LogP contribution in [0.15, 0.2) is 0 Å². The van der Waals surface area contributed by atoms with E-state index in [4.69, 9.17) is 5.73 Å². The average Bonchev–Trinajstić information content (AvgIpc) is 3.18. The van der Waals surface area contributed by atoms with Crippen molar-refractivity contribution < 1.29 is 5.11 Å². The van der Waals surface area contributed by atoms with E-state index in [1.54, 1.807) is 0 Å². The van der Waals surface area contributed by atoms with Gasteiger partial charge in [-0.25, -0.2) is 0 Å². The average molecular weight is 291 g/mol. The van der Waals surface area contributed by atoms with Crippen molar-refractivity contribution in [3.05, 3.63) is 0 Å². The molecule has 4 fully saturated rings. The highest BCUT2D eigenvalue weighted by atomic mass is 16.3. The van der Waals surface area contributed by atoms with Crippen LogP contribution in [-0.2, 0) is 0 Å². The van der Waals surface area contributed by atoms with Crippen LogP contribution in [-0.4, -0.2) is 17.3 Å². The highest BCUT2D eigenvalue weighted by Crippen LogP contribution is 2.68. The number of fused-ring (bicyclic) bond motifs is 5. The van der Waals surface area contributed by atoms with Crippen LogP contribution in [0.3, 0.4) is 0 Å². The molecule has 0 aromatic rings. The molecule has 0 aliphatic heterocycles. The lowest BCUT2D eigenvalue weighted by Crippen LogP contribution is -2.59. The van der Waals surface area contributed by atoms with Crippen molar-refractivity contribution in [2.24, 2.45) is 40.7 Å². The Hall–Kier alpha value is -0.0800. The zero-order valence-electron chi connectivity index (χ0n) is 13.7. The Morgan fingerprint density at radius 2 is 1.90 bits per heavy atom. The van der Waals surface area contributed by atoms with Crippen LogP contribution in [0.5, 0.6) is 0 Å². The number of rotatable bonds is 3. The van der Waals surface area contributed by atoms with Crippen molar-refractivity contribution in [1.82, 2.24) is 0 Å². The molecule has 0 saturated heterocycles. The third kappa shape index (κ3) is 1.84. The van der Waals surface area contributed by atoms with E-state index < -0.39 is 5.60 Å². The molecule has 4 aliphatic rings. The van der Waals surface area contributed by atoms with Gasteiger partial charge in [0.15, 0.2) is 0 Å². The molecule has 2 heteroatoms. The zero-order chi connectivity index (χ0) is 14.7. The van der Waals surface area contributed by atoms with Crippen molar-refractivity contribution in [3.8, 4) is 0 Å². The zero-order valence-corrected chi connectivity index (χ0v) is 13.7. The standard InChI is InChI=1S/C19H33NO/c1-2-13-5-4-8-18(10-13,12-20)19(21)11-14-9-17(19)16-7-3-6-15(14)16/h13-17,21H,2-12,20H2,1H3. The monoisotopic (exact) mass is 291 g/mol. The molecule has 2 nitrogen and oxygen atoms in total. The lowest BCUT2D eigenvalue weighted by Gasteiger charge is -2.55. The van der Waals surface area contributed by atoms with Gasteiger partial charge in [0.05, 0.1) is 5.60 Å². The molecule has 2 bridgehead atoms. The maximum atomic E-state index is 11.8. The quantitative estimate of drug-likeness (QED) is 0.832. The van der Waals surface area contributed by atoms with Gasteiger partial charge in [-0.05, 0) is 68.1 Å². The van der Waals surface area contributed by atoms with E-state index in [0.29, 0.717) is 12.5 Å². The lowest BCUT2D eigenvalue weighted by atomic mass is 9.54. The highest BCUT2D eigenvalue weighted by Gasteiger charge is 2.66. The van der Waals surface area contributed by atoms with Crippen LogP contribution < -0.4 is 5.73 Å². The molecule has 4 saturated carbocycles. The van der Waals surface area contributed by atoms with Crippen LogP contribution in [0.4, 0.5) is 0 Å². The van der Waals surface area contributed by atoms with Crippen LogP contribution in [0.25, 0.3) is 0 Å². The minimum Gasteiger partial charge on any atom is -0.389 e. The summed E-state index contributed by atoms with van der Waals surface area (Å²) in [4.78, 5) is 0. The van der Waals surface area contributed by atoms with Crippen molar-refractivity contribution in [2.45, 2.75) is 76.7 Å². The van der Waals surface area contributed by atoms with Crippen molar-refractivity contribution in [3.63, 3.8) is 0 Å². The smallest absolute Gasteiger partial charge is 0.0749 e. The molecule has 7 atom stereocenters. The molecule has 0 heterocycles. The van der Waals surface area contributed by atoms with Gasteiger partial charge in [-0.2, -0.15) is 0 Å². The molecule has 120 valence electrons. The molecule has 7 unspecified atom stereocenters. The van der Waals surface area contributed by atoms with Gasteiger partial charge in [0.25, 0.3) is 0 Å². The first-order valence-corrected chi connectivity index (χ1v) is 9.56. The first-order chi connectivity index (χ1) is 10.1. The van der Waals surface area contributed by atoms with Crippen molar-refractivity contribution >= 4 is 0 Å². The molecule has 4 rings (SSSR count). The summed E-state index contributed by atoms with van der Waals surface area (Å²) in [6.45, 7) is 3.02. The van der Waals surface area contributed by atoms with E-state index in [9.17, 15) is 5.11 Å². The molecular formula is C19H33NO. The summed E-state index contributed by atoms with van der Waals surface area (Å²) in [5, 5.41) is 11.8. The Bertz CT molecular complexity index is 410. The molecular weight excluding hydrogens is 258 g/mol. The van der Waals surface area contributed by atoms with Crippen LogP contribution in [0.1, 0.15) is 71.1 Å². The van der Waals surface area contributed by atoms with E-state index >= 15 is 0 Å². The Morgan fingerprint density at radius 1 is 1.10 bits per heavy atom. The Morgan fingerprint density at radius 3 is 2.67 bits per heavy atom. The highest BCUT2D eigenvalue weighted by molar-refractivity contribution is 5.17. The van der Waals surface area contributed by atoms with E-state index in [0.717, 1.165) is 30.1 Å². The fraction of sp³-hybridized carbons (Fsp3) is 1.00. The molecule has 3 N–H and O–H groups in total. The predicted molar refractivity (Wildman–Crippen MR) is 85.7 cm³/mol. The fourth-order valence-electron chi connectivity index (χ4n) is 7.31. The summed E-state index contributed by atoms with van der Waals surface area (Å²) in [5.41, 5.74) is 5.94. The third-order valence-electron chi connectivity index (χ3n) is 8.32. The number of hydrogen-bond donors (Lipinski definition) is 2. The van der Waals surface area contributed by atoms with E-state index in [1.807, 2.05) is 0 Å². The molecule has 0 radical (unpaired) electrons. The van der Waals surface area contributed by atoms with E-state index in [2.05, 4.69) is 6.92 Å². The van der Waals surface area contributed by atoms with Crippen molar-refractivity contribution in [2.75, 3.05) is 6.54 Å². The number of aliphatic hydroxyl groups is 1. The fourth-order valence-corrected chi connectivity index (χ4v) is 7.31. The van der Waals surface area contributed by atoms with E-state index in [-0.39, 0.29) is 5.41 Å². The first-order valence-electron chi connectivity index (χ1n) is 9.56. The van der Waals surface area contributed by atoms with Gasteiger partial charge in [0.1, 0.15) is 0 Å². The van der Waals surface area contributed by atoms with E-state index in [1.165, 1.54) is 57.8 Å². The molecule has 21 heavy (non-hydrogen) atoms. The minimum atomic E-state index is -0.425. The van der Waals surface area contributed by atoms with Gasteiger partial charge < -0.3 is 10.8 Å². The Labute approximate surface area is 129 Å². The second kappa shape index (κ2) is 4.96. The topological polar surface area (TPSA) is 46.2 Å². The summed E-state index contributed by atoms with van der Waals surface area (Å²) < 4.78 is 0. The van der Waals surface area contributed by atoms with Gasteiger partial charge in [-0.3, -0.25) is 0 Å². The molecule has 0 aromatic heterocycles. The third-order valence-corrected chi connectivity index (χ3v) is 8.32. The number of hydrogen-bond acceptors (Lipinski definition) is 2. The minimum absolute atomic E-state index is 0.0406. The Kier molecular flexibility index (Phi) is 3.43. The molecule has 0 spiro atoms.